The number of nitrogens with two attached hydrogens (primary N) is 2. The number of thiazole rings is 1. The molecular weight excluding hydrogens is 480 g/mol. The zero-order chi connectivity index (χ0) is 24.9. The van der Waals surface area contributed by atoms with Gasteiger partial charge in [0.2, 0.25) is 0 Å². The van der Waals surface area contributed by atoms with Gasteiger partial charge in [-0.05, 0) is 29.8 Å². The number of aromatic nitrogens is 6. The van der Waals surface area contributed by atoms with Crippen molar-refractivity contribution < 1.29 is 0 Å². The number of para-hydroxylation sites is 1. The van der Waals surface area contributed by atoms with Crippen LogP contribution in [0.1, 0.15) is 5.56 Å². The molecule has 4 aromatic heterocycles. The van der Waals surface area contributed by atoms with Gasteiger partial charge < -0.3 is 11.5 Å². The monoisotopic (exact) mass is 500 g/mol. The SMILES string of the molecule is Nc1nc2ccc(-c3nn(Cc4cc(-c5ccccc5)nc5ccccc45)c4ncnc(N)c34)cc2s1. The molecule has 0 aliphatic rings. The van der Waals surface area contributed by atoms with Crippen molar-refractivity contribution in [1.29, 1.82) is 0 Å². The van der Waals surface area contributed by atoms with E-state index >= 15 is 0 Å². The smallest absolute Gasteiger partial charge is 0.181 e. The molecule has 8 nitrogen and oxygen atoms in total. The van der Waals surface area contributed by atoms with Crippen LogP contribution in [0.15, 0.2) is 85.2 Å². The average molecular weight is 501 g/mol. The lowest BCUT2D eigenvalue weighted by Crippen LogP contribution is -2.05. The third kappa shape index (κ3) is 3.64. The van der Waals surface area contributed by atoms with E-state index in [2.05, 4.69) is 39.2 Å². The first-order chi connectivity index (χ1) is 18.1. The van der Waals surface area contributed by atoms with E-state index in [1.165, 1.54) is 17.7 Å². The Bertz CT molecular complexity index is 1940. The third-order valence-electron chi connectivity index (χ3n) is 6.43. The standard InChI is InChI=1S/C28H20N8S/c29-26-24-25(17-10-11-21-23(13-17)37-28(30)34-21)35-36(27(24)32-15-31-26)14-18-12-22(16-6-2-1-3-7-16)33-20-9-5-4-8-19(18)20/h1-13,15H,14H2,(H2,30,34)(H2,29,31,32). The molecule has 0 aliphatic heterocycles. The van der Waals surface area contributed by atoms with Crippen LogP contribution in [0.4, 0.5) is 10.9 Å². The Balaban J connectivity index is 1.41. The Morgan fingerprint density at radius 3 is 2.51 bits per heavy atom. The molecule has 178 valence electrons. The summed E-state index contributed by atoms with van der Waals surface area (Å²) in [5.74, 6) is 0.389. The molecule has 3 aromatic carbocycles. The van der Waals surface area contributed by atoms with E-state index in [1.54, 1.807) is 0 Å². The van der Waals surface area contributed by atoms with Crippen molar-refractivity contribution in [3.8, 4) is 22.5 Å². The van der Waals surface area contributed by atoms with Gasteiger partial charge in [0.1, 0.15) is 17.8 Å². The fourth-order valence-electron chi connectivity index (χ4n) is 4.73. The molecular formula is C28H20N8S. The summed E-state index contributed by atoms with van der Waals surface area (Å²) < 4.78 is 2.88. The van der Waals surface area contributed by atoms with Crippen molar-refractivity contribution in [2.45, 2.75) is 6.54 Å². The predicted molar refractivity (Wildman–Crippen MR) is 149 cm³/mol. The van der Waals surface area contributed by atoms with Gasteiger partial charge in [-0.1, -0.05) is 65.9 Å². The normalized spacial score (nSPS) is 11.6. The number of hydrogen-bond acceptors (Lipinski definition) is 8. The highest BCUT2D eigenvalue weighted by Gasteiger charge is 2.19. The topological polar surface area (TPSA) is 121 Å². The van der Waals surface area contributed by atoms with E-state index in [-0.39, 0.29) is 0 Å². The second kappa shape index (κ2) is 8.35. The van der Waals surface area contributed by atoms with Crippen molar-refractivity contribution in [3.63, 3.8) is 0 Å². The molecule has 0 unspecified atom stereocenters. The summed E-state index contributed by atoms with van der Waals surface area (Å²) in [6.45, 7) is 0.492. The van der Waals surface area contributed by atoms with Gasteiger partial charge in [0, 0.05) is 16.5 Å². The lowest BCUT2D eigenvalue weighted by molar-refractivity contribution is 0.709. The molecule has 0 spiro atoms. The summed E-state index contributed by atoms with van der Waals surface area (Å²) in [4.78, 5) is 18.1. The summed E-state index contributed by atoms with van der Waals surface area (Å²) in [5.41, 5.74) is 19.4. The van der Waals surface area contributed by atoms with E-state index in [9.17, 15) is 0 Å². The predicted octanol–water partition coefficient (Wildman–Crippen LogP) is 5.53. The second-order valence-corrected chi connectivity index (χ2v) is 9.81. The number of nitrogens with zero attached hydrogens (tertiary/aromatic N) is 6. The molecule has 0 saturated carbocycles. The van der Waals surface area contributed by atoms with Gasteiger partial charge in [0.05, 0.1) is 33.4 Å². The zero-order valence-corrected chi connectivity index (χ0v) is 20.4. The van der Waals surface area contributed by atoms with Gasteiger partial charge in [-0.15, -0.1) is 0 Å². The number of rotatable bonds is 4. The van der Waals surface area contributed by atoms with Gasteiger partial charge in [0.25, 0.3) is 0 Å². The van der Waals surface area contributed by atoms with E-state index in [0.29, 0.717) is 23.1 Å². The Kier molecular flexibility index (Phi) is 4.83. The Hall–Kier alpha value is -4.89. The highest BCUT2D eigenvalue weighted by atomic mass is 32.1. The number of benzene rings is 3. The van der Waals surface area contributed by atoms with Crippen LogP contribution in [0, 0.1) is 0 Å². The lowest BCUT2D eigenvalue weighted by Gasteiger charge is -2.11. The molecule has 0 aliphatic carbocycles. The van der Waals surface area contributed by atoms with Crippen LogP contribution in [0.25, 0.3) is 54.7 Å². The van der Waals surface area contributed by atoms with E-state index in [1.807, 2.05) is 59.3 Å². The minimum absolute atomic E-state index is 0.389. The van der Waals surface area contributed by atoms with Gasteiger partial charge in [0.15, 0.2) is 10.8 Å². The first-order valence-electron chi connectivity index (χ1n) is 11.7. The van der Waals surface area contributed by atoms with Crippen molar-refractivity contribution in [2.75, 3.05) is 11.5 Å². The summed E-state index contributed by atoms with van der Waals surface area (Å²) in [6.07, 6.45) is 1.48. The van der Waals surface area contributed by atoms with Crippen molar-refractivity contribution in [1.82, 2.24) is 29.7 Å². The number of fused-ring (bicyclic) bond motifs is 3. The van der Waals surface area contributed by atoms with Gasteiger partial charge in [-0.25, -0.2) is 24.6 Å². The maximum Gasteiger partial charge on any atom is 0.181 e. The Labute approximate surface area is 215 Å². The van der Waals surface area contributed by atoms with Crippen LogP contribution < -0.4 is 11.5 Å². The maximum atomic E-state index is 6.36. The molecule has 4 heterocycles. The van der Waals surface area contributed by atoms with Crippen LogP contribution >= 0.6 is 11.3 Å². The van der Waals surface area contributed by atoms with Crippen LogP contribution in [0.5, 0.6) is 0 Å². The van der Waals surface area contributed by atoms with Crippen molar-refractivity contribution in [3.05, 3.63) is 90.8 Å². The molecule has 0 saturated heterocycles. The summed E-state index contributed by atoms with van der Waals surface area (Å²) in [5, 5.41) is 7.33. The van der Waals surface area contributed by atoms with Crippen molar-refractivity contribution in [2.24, 2.45) is 0 Å². The number of nitrogen functional groups attached to an aromatic ring is 2. The Morgan fingerprint density at radius 2 is 1.62 bits per heavy atom. The van der Waals surface area contributed by atoms with Crippen LogP contribution in [-0.4, -0.2) is 29.7 Å². The molecule has 9 heteroatoms. The molecule has 37 heavy (non-hydrogen) atoms. The number of hydrogen-bond donors (Lipinski definition) is 2. The minimum Gasteiger partial charge on any atom is -0.383 e. The quantitative estimate of drug-likeness (QED) is 0.326. The molecule has 7 aromatic rings. The van der Waals surface area contributed by atoms with E-state index < -0.39 is 0 Å². The first kappa shape index (κ1) is 21.4. The molecule has 4 N–H and O–H groups in total. The molecule has 0 amide bonds. The maximum absolute atomic E-state index is 6.36. The molecule has 7 rings (SSSR count). The summed E-state index contributed by atoms with van der Waals surface area (Å²) in [6, 6.07) is 26.4. The summed E-state index contributed by atoms with van der Waals surface area (Å²) in [7, 11) is 0. The largest absolute Gasteiger partial charge is 0.383 e. The molecule has 0 bridgehead atoms. The van der Waals surface area contributed by atoms with Crippen LogP contribution in [0.3, 0.4) is 0 Å². The van der Waals surface area contributed by atoms with E-state index in [4.69, 9.17) is 21.5 Å². The second-order valence-electron chi connectivity index (χ2n) is 8.75. The zero-order valence-electron chi connectivity index (χ0n) is 19.5. The van der Waals surface area contributed by atoms with Crippen molar-refractivity contribution >= 4 is 54.4 Å². The molecule has 0 radical (unpaired) electrons. The fraction of sp³-hybridized carbons (Fsp3) is 0.0357. The summed E-state index contributed by atoms with van der Waals surface area (Å²) >= 11 is 1.44. The van der Waals surface area contributed by atoms with Crippen LogP contribution in [0.2, 0.25) is 0 Å². The number of anilines is 2. The first-order valence-corrected chi connectivity index (χ1v) is 12.5. The molecule has 0 atom stereocenters. The minimum atomic E-state index is 0.389. The number of pyridine rings is 1. The van der Waals surface area contributed by atoms with Crippen LogP contribution in [-0.2, 0) is 6.54 Å². The fourth-order valence-corrected chi connectivity index (χ4v) is 5.50. The average Bonchev–Trinajstić information content (AvgIpc) is 3.49. The highest BCUT2D eigenvalue weighted by Crippen LogP contribution is 2.34. The van der Waals surface area contributed by atoms with Gasteiger partial charge in [-0.3, -0.25) is 0 Å². The highest BCUT2D eigenvalue weighted by molar-refractivity contribution is 7.22. The Morgan fingerprint density at radius 1 is 0.784 bits per heavy atom. The van der Waals surface area contributed by atoms with Gasteiger partial charge >= 0.3 is 0 Å². The molecule has 0 fully saturated rings. The van der Waals surface area contributed by atoms with Gasteiger partial charge in [-0.2, -0.15) is 5.10 Å². The lowest BCUT2D eigenvalue weighted by atomic mass is 10.0. The van der Waals surface area contributed by atoms with E-state index in [0.717, 1.165) is 54.6 Å². The third-order valence-corrected chi connectivity index (χ3v) is 7.28.